The van der Waals surface area contributed by atoms with E-state index in [2.05, 4.69) is 9.88 Å². The lowest BCUT2D eigenvalue weighted by Gasteiger charge is -2.41. The van der Waals surface area contributed by atoms with Crippen LogP contribution in [0.2, 0.25) is 23.2 Å². The minimum Gasteiger partial charge on any atom is -0.411 e. The van der Waals surface area contributed by atoms with Crippen LogP contribution in [0.25, 0.3) is 0 Å². The van der Waals surface area contributed by atoms with Gasteiger partial charge < -0.3 is 19.1 Å². The second-order valence-corrected chi connectivity index (χ2v) is 18.6. The van der Waals surface area contributed by atoms with Crippen molar-refractivity contribution >= 4 is 37.3 Å². The number of anilines is 2. The Morgan fingerprint density at radius 2 is 1.67 bits per heavy atom. The summed E-state index contributed by atoms with van der Waals surface area (Å²) in [4.78, 5) is 23.1. The number of rotatable bonds is 9. The number of carbonyl (C=O) groups is 1. The van der Waals surface area contributed by atoms with Crippen molar-refractivity contribution in [3.05, 3.63) is 52.4 Å². The standard InChI is InChI=1S/C31H40ClF7N4O2Si/c1-29(2,3)46(4,5)45-24-11-16-43(26-18-20(30(34,35)36)17-25(40-26)31(37,38)39)27(24)28(44)42(15-8-14-41-12-6-7-13-41)21-9-10-23(33)22(32)19-21/h9-10,17-19,24,27H,6-8,11-16H2,1-5H3/t24-,27+/m1/s1. The van der Waals surface area contributed by atoms with Gasteiger partial charge in [0.05, 0.1) is 16.7 Å². The van der Waals surface area contributed by atoms with Crippen LogP contribution in [-0.4, -0.2) is 69.0 Å². The Kier molecular flexibility index (Phi) is 10.8. The number of hydrogen-bond donors (Lipinski definition) is 0. The third-order valence-corrected chi connectivity index (χ3v) is 13.9. The predicted octanol–water partition coefficient (Wildman–Crippen LogP) is 8.40. The van der Waals surface area contributed by atoms with Crippen molar-refractivity contribution in [2.24, 2.45) is 0 Å². The quantitative estimate of drug-likeness (QED) is 0.195. The average molecular weight is 697 g/mol. The molecule has 0 aliphatic carbocycles. The fourth-order valence-electron chi connectivity index (χ4n) is 5.60. The smallest absolute Gasteiger partial charge is 0.411 e. The summed E-state index contributed by atoms with van der Waals surface area (Å²) in [6.07, 6.45) is -8.34. The first-order valence-corrected chi connectivity index (χ1v) is 18.6. The lowest BCUT2D eigenvalue weighted by Crippen LogP contribution is -2.55. The molecule has 0 unspecified atom stereocenters. The predicted molar refractivity (Wildman–Crippen MR) is 166 cm³/mol. The van der Waals surface area contributed by atoms with Crippen molar-refractivity contribution in [1.82, 2.24) is 9.88 Å². The summed E-state index contributed by atoms with van der Waals surface area (Å²) in [6.45, 7) is 12.4. The maximum Gasteiger partial charge on any atom is 0.433 e. The van der Waals surface area contributed by atoms with Crippen LogP contribution < -0.4 is 9.80 Å². The first kappa shape index (κ1) is 36.4. The Labute approximate surface area is 271 Å². The van der Waals surface area contributed by atoms with Gasteiger partial charge in [-0.15, -0.1) is 0 Å². The zero-order valence-corrected chi connectivity index (χ0v) is 28.3. The van der Waals surface area contributed by atoms with Gasteiger partial charge in [0.1, 0.15) is 23.4 Å². The van der Waals surface area contributed by atoms with Crippen LogP contribution >= 0.6 is 11.6 Å². The molecule has 6 nitrogen and oxygen atoms in total. The van der Waals surface area contributed by atoms with Gasteiger partial charge >= 0.3 is 12.4 Å². The maximum atomic E-state index is 14.7. The van der Waals surface area contributed by atoms with Crippen LogP contribution in [-0.2, 0) is 21.6 Å². The summed E-state index contributed by atoms with van der Waals surface area (Å²) < 4.78 is 104. The SMILES string of the molecule is CC(C)(C)[Si](C)(C)O[C@@H]1CCN(c2cc(C(F)(F)F)cc(C(F)(F)F)n2)[C@@H]1C(=O)N(CCCN1CCCC1)c1ccc(F)c(Cl)c1. The average Bonchev–Trinajstić information content (AvgIpc) is 3.60. The van der Waals surface area contributed by atoms with E-state index < -0.39 is 61.6 Å². The van der Waals surface area contributed by atoms with Crippen LogP contribution in [0.5, 0.6) is 0 Å². The van der Waals surface area contributed by atoms with Crippen LogP contribution in [0, 0.1) is 5.82 Å². The molecule has 2 aromatic rings. The van der Waals surface area contributed by atoms with E-state index in [1.54, 1.807) is 0 Å². The van der Waals surface area contributed by atoms with Crippen molar-refractivity contribution in [3.63, 3.8) is 0 Å². The number of carbonyl (C=O) groups excluding carboxylic acids is 1. The molecule has 1 amide bonds. The summed E-state index contributed by atoms with van der Waals surface area (Å²) in [7, 11) is -2.60. The molecule has 0 bridgehead atoms. The van der Waals surface area contributed by atoms with Gasteiger partial charge in [-0.05, 0) is 93.8 Å². The zero-order chi connectivity index (χ0) is 34.2. The molecule has 0 N–H and O–H groups in total. The number of likely N-dealkylation sites (tertiary alicyclic amines) is 1. The van der Waals surface area contributed by atoms with Gasteiger partial charge in [0.25, 0.3) is 5.91 Å². The van der Waals surface area contributed by atoms with E-state index in [1.807, 2.05) is 33.9 Å². The molecule has 2 atom stereocenters. The van der Waals surface area contributed by atoms with Gasteiger partial charge in [-0.1, -0.05) is 32.4 Å². The molecule has 1 aromatic heterocycles. The first-order valence-electron chi connectivity index (χ1n) is 15.3. The zero-order valence-electron chi connectivity index (χ0n) is 26.5. The number of hydrogen-bond acceptors (Lipinski definition) is 5. The van der Waals surface area contributed by atoms with Crippen LogP contribution in [0.15, 0.2) is 30.3 Å². The summed E-state index contributed by atoms with van der Waals surface area (Å²) in [5.74, 6) is -1.95. The van der Waals surface area contributed by atoms with Gasteiger partial charge in [-0.3, -0.25) is 4.79 Å². The number of benzene rings is 1. The van der Waals surface area contributed by atoms with E-state index in [9.17, 15) is 35.5 Å². The summed E-state index contributed by atoms with van der Waals surface area (Å²) in [6, 6.07) is 2.96. The van der Waals surface area contributed by atoms with Crippen molar-refractivity contribution < 1.29 is 40.0 Å². The number of amides is 1. The third-order valence-electron chi connectivity index (χ3n) is 9.11. The Balaban J connectivity index is 1.81. The number of halogens is 8. The highest BCUT2D eigenvalue weighted by Gasteiger charge is 2.49. The minimum absolute atomic E-state index is 0.0365. The molecule has 1 aromatic carbocycles. The van der Waals surface area contributed by atoms with Crippen LogP contribution in [0.1, 0.15) is 57.7 Å². The van der Waals surface area contributed by atoms with E-state index in [-0.39, 0.29) is 41.3 Å². The summed E-state index contributed by atoms with van der Waals surface area (Å²) >= 11 is 6.10. The van der Waals surface area contributed by atoms with Gasteiger partial charge in [-0.2, -0.15) is 26.3 Å². The lowest BCUT2D eigenvalue weighted by molar-refractivity contribution is -0.145. The lowest BCUT2D eigenvalue weighted by atomic mass is 10.1. The maximum absolute atomic E-state index is 14.7. The van der Waals surface area contributed by atoms with Crippen molar-refractivity contribution in [1.29, 1.82) is 0 Å². The second kappa shape index (κ2) is 13.6. The molecule has 256 valence electrons. The molecular weight excluding hydrogens is 657 g/mol. The number of aromatic nitrogens is 1. The normalized spacial score (nSPS) is 20.1. The highest BCUT2D eigenvalue weighted by Crippen LogP contribution is 2.42. The topological polar surface area (TPSA) is 48.9 Å². The number of nitrogens with zero attached hydrogens (tertiary/aromatic N) is 4. The van der Waals surface area contributed by atoms with E-state index in [1.165, 1.54) is 21.9 Å². The first-order chi connectivity index (χ1) is 21.2. The fourth-order valence-corrected chi connectivity index (χ4v) is 7.13. The number of alkyl halides is 6. The minimum atomic E-state index is -5.17. The number of pyridine rings is 1. The fraction of sp³-hybridized carbons (Fsp3) is 0.613. The Morgan fingerprint density at radius 3 is 2.24 bits per heavy atom. The van der Waals surface area contributed by atoms with Crippen molar-refractivity contribution in [2.75, 3.05) is 42.5 Å². The Morgan fingerprint density at radius 1 is 1.02 bits per heavy atom. The molecule has 0 spiro atoms. The highest BCUT2D eigenvalue weighted by atomic mass is 35.5. The summed E-state index contributed by atoms with van der Waals surface area (Å²) in [5, 5.41) is -0.548. The van der Waals surface area contributed by atoms with Crippen molar-refractivity contribution in [2.45, 2.75) is 89.1 Å². The Hall–Kier alpha value is -2.42. The van der Waals surface area contributed by atoms with Crippen LogP contribution in [0.3, 0.4) is 0 Å². The molecule has 46 heavy (non-hydrogen) atoms. The monoisotopic (exact) mass is 696 g/mol. The van der Waals surface area contributed by atoms with E-state index in [4.69, 9.17) is 16.0 Å². The molecular formula is C31H40ClF7N4O2Si. The molecule has 2 aliphatic heterocycles. The molecule has 3 heterocycles. The molecule has 4 rings (SSSR count). The molecule has 2 saturated heterocycles. The van der Waals surface area contributed by atoms with E-state index in [0.717, 1.165) is 32.0 Å². The van der Waals surface area contributed by atoms with Crippen molar-refractivity contribution in [3.8, 4) is 0 Å². The molecule has 2 fully saturated rings. The third kappa shape index (κ3) is 8.34. The molecule has 0 saturated carbocycles. The van der Waals surface area contributed by atoms with Gasteiger partial charge in [-0.25, -0.2) is 9.37 Å². The van der Waals surface area contributed by atoms with Gasteiger partial charge in [0.15, 0.2) is 8.32 Å². The molecule has 15 heteroatoms. The molecule has 0 radical (unpaired) electrons. The largest absolute Gasteiger partial charge is 0.433 e. The van der Waals surface area contributed by atoms with E-state index in [0.29, 0.717) is 19.0 Å². The molecule has 2 aliphatic rings. The second-order valence-electron chi connectivity index (χ2n) is 13.4. The summed E-state index contributed by atoms with van der Waals surface area (Å²) in [5.41, 5.74) is -2.99. The van der Waals surface area contributed by atoms with Gasteiger partial charge in [0.2, 0.25) is 0 Å². The Bertz CT molecular complexity index is 1360. The van der Waals surface area contributed by atoms with Gasteiger partial charge in [0, 0.05) is 18.8 Å². The van der Waals surface area contributed by atoms with E-state index >= 15 is 0 Å². The van der Waals surface area contributed by atoms with Crippen LogP contribution in [0.4, 0.5) is 42.2 Å². The highest BCUT2D eigenvalue weighted by molar-refractivity contribution is 6.74.